The van der Waals surface area contributed by atoms with E-state index in [9.17, 15) is 8.42 Å². The number of rotatable bonds is 4. The summed E-state index contributed by atoms with van der Waals surface area (Å²) < 4.78 is 27.4. The average Bonchev–Trinajstić information content (AvgIpc) is 2.81. The number of nitrogens with zero attached hydrogens (tertiary/aromatic N) is 1. The molecule has 0 fully saturated rings. The lowest BCUT2D eigenvalue weighted by atomic mass is 10.5. The molecular formula is C10H10BrN3O2S2. The molecule has 0 aliphatic carbocycles. The van der Waals surface area contributed by atoms with Crippen LogP contribution in [0.1, 0.15) is 4.88 Å². The molecule has 0 aliphatic heterocycles. The van der Waals surface area contributed by atoms with Crippen LogP contribution in [-0.4, -0.2) is 13.4 Å². The summed E-state index contributed by atoms with van der Waals surface area (Å²) in [4.78, 5) is 4.79. The second-order valence-electron chi connectivity index (χ2n) is 3.35. The fourth-order valence-electron chi connectivity index (χ4n) is 1.36. The van der Waals surface area contributed by atoms with Crippen LogP contribution in [-0.2, 0) is 16.6 Å². The minimum absolute atomic E-state index is 0.192. The fraction of sp³-hybridized carbons (Fsp3) is 0.100. The molecular weight excluding hydrogens is 338 g/mol. The monoisotopic (exact) mass is 347 g/mol. The van der Waals surface area contributed by atoms with Crippen LogP contribution < -0.4 is 10.5 Å². The Labute approximate surface area is 117 Å². The van der Waals surface area contributed by atoms with E-state index in [-0.39, 0.29) is 17.3 Å². The van der Waals surface area contributed by atoms with Crippen LogP contribution in [0.4, 0.5) is 5.82 Å². The summed E-state index contributed by atoms with van der Waals surface area (Å²) in [5, 5.41) is 1.70. The van der Waals surface area contributed by atoms with Crippen LogP contribution >= 0.6 is 27.3 Å². The van der Waals surface area contributed by atoms with Crippen molar-refractivity contribution < 1.29 is 8.42 Å². The van der Waals surface area contributed by atoms with Crippen molar-refractivity contribution in [2.75, 3.05) is 4.72 Å². The van der Waals surface area contributed by atoms with Crippen LogP contribution in [0.15, 0.2) is 39.1 Å². The molecule has 2 aromatic heterocycles. The Morgan fingerprint density at radius 3 is 2.89 bits per heavy atom. The Morgan fingerprint density at radius 1 is 1.44 bits per heavy atom. The molecule has 0 aromatic carbocycles. The number of anilines is 1. The Morgan fingerprint density at radius 2 is 2.22 bits per heavy atom. The number of hydrogen-bond donors (Lipinski definition) is 2. The van der Waals surface area contributed by atoms with E-state index < -0.39 is 10.0 Å². The maximum absolute atomic E-state index is 12.2. The van der Waals surface area contributed by atoms with Crippen molar-refractivity contribution in [3.8, 4) is 0 Å². The lowest BCUT2D eigenvalue weighted by molar-refractivity contribution is 0.600. The van der Waals surface area contributed by atoms with E-state index >= 15 is 0 Å². The third kappa shape index (κ3) is 2.72. The van der Waals surface area contributed by atoms with Gasteiger partial charge in [0.05, 0.1) is 4.47 Å². The molecule has 0 unspecified atom stereocenters. The van der Waals surface area contributed by atoms with E-state index in [2.05, 4.69) is 25.6 Å². The van der Waals surface area contributed by atoms with Crippen molar-refractivity contribution >= 4 is 43.1 Å². The first-order valence-electron chi connectivity index (χ1n) is 4.94. The van der Waals surface area contributed by atoms with Gasteiger partial charge >= 0.3 is 0 Å². The van der Waals surface area contributed by atoms with Crippen molar-refractivity contribution in [3.05, 3.63) is 39.1 Å². The molecule has 0 saturated carbocycles. The summed E-state index contributed by atoms with van der Waals surface area (Å²) in [5.41, 5.74) is 5.51. The number of thiophene rings is 1. The number of sulfonamides is 1. The van der Waals surface area contributed by atoms with Gasteiger partial charge in [-0.1, -0.05) is 0 Å². The van der Waals surface area contributed by atoms with Gasteiger partial charge in [-0.3, -0.25) is 4.72 Å². The first kappa shape index (κ1) is 13.5. The highest BCUT2D eigenvalue weighted by molar-refractivity contribution is 9.10. The SMILES string of the molecule is NCc1sccc1S(=O)(=O)Nc1ncccc1Br. The fourth-order valence-corrected chi connectivity index (χ4v) is 4.21. The van der Waals surface area contributed by atoms with Gasteiger partial charge in [0, 0.05) is 17.6 Å². The van der Waals surface area contributed by atoms with Crippen molar-refractivity contribution in [1.82, 2.24) is 4.98 Å². The summed E-state index contributed by atoms with van der Waals surface area (Å²) in [6, 6.07) is 4.95. The molecule has 0 radical (unpaired) electrons. The minimum atomic E-state index is -3.65. The number of pyridine rings is 1. The van der Waals surface area contributed by atoms with Crippen LogP contribution in [0.5, 0.6) is 0 Å². The van der Waals surface area contributed by atoms with E-state index in [1.54, 1.807) is 17.5 Å². The lowest BCUT2D eigenvalue weighted by Gasteiger charge is -2.08. The Bertz CT molecular complexity index is 655. The summed E-state index contributed by atoms with van der Waals surface area (Å²) >= 11 is 4.55. The third-order valence-electron chi connectivity index (χ3n) is 2.17. The van der Waals surface area contributed by atoms with Crippen LogP contribution in [0, 0.1) is 0 Å². The van der Waals surface area contributed by atoms with Gasteiger partial charge in [0.15, 0.2) is 5.82 Å². The highest BCUT2D eigenvalue weighted by Gasteiger charge is 2.20. The molecule has 2 heterocycles. The third-order valence-corrected chi connectivity index (χ3v) is 5.30. The summed E-state index contributed by atoms with van der Waals surface area (Å²) in [7, 11) is -3.65. The molecule has 0 aliphatic rings. The van der Waals surface area contributed by atoms with E-state index in [0.717, 1.165) is 0 Å². The quantitative estimate of drug-likeness (QED) is 0.887. The number of nitrogens with two attached hydrogens (primary N) is 1. The van der Waals surface area contributed by atoms with Crippen molar-refractivity contribution in [2.24, 2.45) is 5.73 Å². The Kier molecular flexibility index (Phi) is 4.00. The lowest BCUT2D eigenvalue weighted by Crippen LogP contribution is -2.15. The topological polar surface area (TPSA) is 85.1 Å². The highest BCUT2D eigenvalue weighted by Crippen LogP contribution is 2.26. The summed E-state index contributed by atoms with van der Waals surface area (Å²) in [5.74, 6) is 0.256. The van der Waals surface area contributed by atoms with E-state index in [1.165, 1.54) is 23.6 Å². The van der Waals surface area contributed by atoms with Crippen LogP contribution in [0.25, 0.3) is 0 Å². The van der Waals surface area contributed by atoms with Crippen molar-refractivity contribution in [3.63, 3.8) is 0 Å². The first-order chi connectivity index (χ1) is 8.54. The molecule has 18 heavy (non-hydrogen) atoms. The molecule has 0 spiro atoms. The zero-order valence-corrected chi connectivity index (χ0v) is 12.3. The molecule has 5 nitrogen and oxygen atoms in total. The second-order valence-corrected chi connectivity index (χ2v) is 6.86. The molecule has 2 aromatic rings. The number of aromatic nitrogens is 1. The molecule has 3 N–H and O–H groups in total. The van der Waals surface area contributed by atoms with Gasteiger partial charge in [-0.15, -0.1) is 11.3 Å². The molecule has 96 valence electrons. The zero-order valence-electron chi connectivity index (χ0n) is 9.13. The Hall–Kier alpha value is -0.960. The van der Waals surface area contributed by atoms with Gasteiger partial charge in [0.2, 0.25) is 0 Å². The standard InChI is InChI=1S/C10H10BrN3O2S2/c11-7-2-1-4-13-10(7)14-18(15,16)9-3-5-17-8(9)6-12/h1-5H,6,12H2,(H,13,14). The molecule has 0 bridgehead atoms. The molecule has 8 heteroatoms. The van der Waals surface area contributed by atoms with Gasteiger partial charge in [-0.05, 0) is 39.5 Å². The second kappa shape index (κ2) is 5.35. The number of hydrogen-bond acceptors (Lipinski definition) is 5. The predicted molar refractivity (Wildman–Crippen MR) is 75.0 cm³/mol. The van der Waals surface area contributed by atoms with Crippen LogP contribution in [0.3, 0.4) is 0 Å². The zero-order chi connectivity index (χ0) is 13.2. The van der Waals surface area contributed by atoms with Gasteiger partial charge in [0.1, 0.15) is 4.90 Å². The largest absolute Gasteiger partial charge is 0.326 e. The predicted octanol–water partition coefficient (Wildman–Crippen LogP) is 2.17. The first-order valence-corrected chi connectivity index (χ1v) is 8.10. The number of nitrogens with one attached hydrogen (secondary N) is 1. The number of halogens is 1. The van der Waals surface area contributed by atoms with Crippen LogP contribution in [0.2, 0.25) is 0 Å². The van der Waals surface area contributed by atoms with Gasteiger partial charge in [-0.25, -0.2) is 13.4 Å². The molecule has 0 saturated heterocycles. The minimum Gasteiger partial charge on any atom is -0.326 e. The average molecular weight is 348 g/mol. The molecule has 2 rings (SSSR count). The molecule has 0 amide bonds. The van der Waals surface area contributed by atoms with E-state index in [4.69, 9.17) is 5.73 Å². The van der Waals surface area contributed by atoms with Gasteiger partial charge in [0.25, 0.3) is 10.0 Å². The Balaban J connectivity index is 2.37. The summed E-state index contributed by atoms with van der Waals surface area (Å²) in [6.45, 7) is 0.192. The van der Waals surface area contributed by atoms with Crippen molar-refractivity contribution in [1.29, 1.82) is 0 Å². The van der Waals surface area contributed by atoms with Gasteiger partial charge in [-0.2, -0.15) is 0 Å². The highest BCUT2D eigenvalue weighted by atomic mass is 79.9. The van der Waals surface area contributed by atoms with Gasteiger partial charge < -0.3 is 5.73 Å². The maximum atomic E-state index is 12.2. The molecule has 0 atom stereocenters. The van der Waals surface area contributed by atoms with Crippen molar-refractivity contribution in [2.45, 2.75) is 11.4 Å². The van der Waals surface area contributed by atoms with E-state index in [1.807, 2.05) is 0 Å². The maximum Gasteiger partial charge on any atom is 0.264 e. The van der Waals surface area contributed by atoms with E-state index in [0.29, 0.717) is 9.35 Å². The smallest absolute Gasteiger partial charge is 0.264 e. The summed E-state index contributed by atoms with van der Waals surface area (Å²) in [6.07, 6.45) is 1.51. The normalized spacial score (nSPS) is 11.4.